The molecule has 0 spiro atoms. The van der Waals surface area contributed by atoms with Crippen LogP contribution in [0, 0.1) is 11.7 Å². The van der Waals surface area contributed by atoms with Gasteiger partial charge in [0.05, 0.1) is 18.8 Å². The van der Waals surface area contributed by atoms with Crippen LogP contribution in [0.2, 0.25) is 0 Å². The van der Waals surface area contributed by atoms with Crippen molar-refractivity contribution in [2.75, 3.05) is 6.61 Å². The molecule has 0 saturated carbocycles. The Labute approximate surface area is 145 Å². The van der Waals surface area contributed by atoms with E-state index in [0.29, 0.717) is 16.2 Å². The van der Waals surface area contributed by atoms with Crippen molar-refractivity contribution in [2.24, 2.45) is 0 Å². The van der Waals surface area contributed by atoms with Crippen LogP contribution in [0.3, 0.4) is 0 Å². The summed E-state index contributed by atoms with van der Waals surface area (Å²) in [6.45, 7) is 1.95. The van der Waals surface area contributed by atoms with E-state index in [-0.39, 0.29) is 19.0 Å². The van der Waals surface area contributed by atoms with Crippen LogP contribution in [0.5, 0.6) is 17.4 Å². The lowest BCUT2D eigenvalue weighted by Crippen LogP contribution is -2.03. The van der Waals surface area contributed by atoms with Gasteiger partial charge >= 0.3 is 0 Å². The van der Waals surface area contributed by atoms with Crippen molar-refractivity contribution in [3.63, 3.8) is 0 Å². The van der Waals surface area contributed by atoms with E-state index >= 15 is 0 Å². The molecule has 0 fully saturated rings. The fraction of sp³-hybridized carbons (Fsp3) is 0.167. The zero-order chi connectivity index (χ0) is 17.1. The van der Waals surface area contributed by atoms with E-state index in [4.69, 9.17) is 22.1 Å². The molecule has 3 rings (SSSR count). The molecule has 0 amide bonds. The third-order valence-electron chi connectivity index (χ3n) is 3.73. The first-order valence-corrected chi connectivity index (χ1v) is 7.98. The Morgan fingerprint density at radius 1 is 1.00 bits per heavy atom. The first kappa shape index (κ1) is 16.3. The van der Waals surface area contributed by atoms with Crippen LogP contribution in [0.1, 0.15) is 5.69 Å². The summed E-state index contributed by atoms with van der Waals surface area (Å²) in [5, 5.41) is 19.3. The van der Waals surface area contributed by atoms with Gasteiger partial charge in [-0.05, 0) is 55.5 Å². The molecule has 3 aromatic rings. The largest absolute Gasteiger partial charge is 0.493 e. The van der Waals surface area contributed by atoms with Crippen molar-refractivity contribution in [1.29, 1.82) is 0 Å². The Morgan fingerprint density at radius 3 is 2.25 bits per heavy atom. The summed E-state index contributed by atoms with van der Waals surface area (Å²) in [4.78, 5) is 0. The SMILES string of the molecule is Cc1c(O)n(CCO)c(=S)n1-c1ccc(Oc2ccccc2)cc1. The average molecular weight is 342 g/mol. The van der Waals surface area contributed by atoms with Gasteiger partial charge in [-0.2, -0.15) is 0 Å². The lowest BCUT2D eigenvalue weighted by atomic mass is 10.3. The molecule has 0 atom stereocenters. The smallest absolute Gasteiger partial charge is 0.213 e. The van der Waals surface area contributed by atoms with Crippen LogP contribution >= 0.6 is 12.2 Å². The number of hydrogen-bond acceptors (Lipinski definition) is 4. The Kier molecular flexibility index (Phi) is 4.69. The van der Waals surface area contributed by atoms with Crippen molar-refractivity contribution in [3.8, 4) is 23.1 Å². The van der Waals surface area contributed by atoms with E-state index in [2.05, 4.69) is 0 Å². The van der Waals surface area contributed by atoms with E-state index in [1.807, 2.05) is 54.6 Å². The van der Waals surface area contributed by atoms with Gasteiger partial charge in [0.2, 0.25) is 5.88 Å². The quantitative estimate of drug-likeness (QED) is 0.692. The summed E-state index contributed by atoms with van der Waals surface area (Å²) < 4.78 is 9.50. The Bertz CT molecular complexity index is 883. The van der Waals surface area contributed by atoms with Crippen molar-refractivity contribution in [3.05, 3.63) is 65.1 Å². The highest BCUT2D eigenvalue weighted by Crippen LogP contribution is 2.26. The Morgan fingerprint density at radius 2 is 1.62 bits per heavy atom. The molecule has 124 valence electrons. The molecule has 0 aliphatic heterocycles. The molecule has 1 aromatic heterocycles. The molecule has 0 saturated heterocycles. The van der Waals surface area contributed by atoms with Gasteiger partial charge in [-0.3, -0.25) is 9.13 Å². The summed E-state index contributed by atoms with van der Waals surface area (Å²) in [7, 11) is 0. The van der Waals surface area contributed by atoms with Gasteiger partial charge in [0.1, 0.15) is 11.5 Å². The highest BCUT2D eigenvalue weighted by Gasteiger charge is 2.14. The van der Waals surface area contributed by atoms with E-state index in [1.165, 1.54) is 4.57 Å². The highest BCUT2D eigenvalue weighted by molar-refractivity contribution is 7.71. The molecule has 0 aliphatic carbocycles. The van der Waals surface area contributed by atoms with E-state index < -0.39 is 0 Å². The average Bonchev–Trinajstić information content (AvgIpc) is 2.81. The monoisotopic (exact) mass is 342 g/mol. The normalized spacial score (nSPS) is 10.8. The van der Waals surface area contributed by atoms with Crippen molar-refractivity contribution in [1.82, 2.24) is 9.13 Å². The Hall–Kier alpha value is -2.57. The number of imidazole rings is 1. The summed E-state index contributed by atoms with van der Waals surface area (Å²) in [5.74, 6) is 1.55. The van der Waals surface area contributed by atoms with Gasteiger partial charge in [-0.25, -0.2) is 0 Å². The van der Waals surface area contributed by atoms with Gasteiger partial charge < -0.3 is 14.9 Å². The Balaban J connectivity index is 1.92. The van der Waals surface area contributed by atoms with Crippen molar-refractivity contribution < 1.29 is 14.9 Å². The summed E-state index contributed by atoms with van der Waals surface area (Å²) in [6, 6.07) is 17.0. The van der Waals surface area contributed by atoms with Crippen molar-refractivity contribution >= 4 is 12.2 Å². The molecule has 2 aromatic carbocycles. The third-order valence-corrected chi connectivity index (χ3v) is 4.14. The fourth-order valence-corrected chi connectivity index (χ4v) is 2.96. The zero-order valence-electron chi connectivity index (χ0n) is 13.2. The van der Waals surface area contributed by atoms with Gasteiger partial charge in [0, 0.05) is 5.69 Å². The number of aliphatic hydroxyl groups is 1. The van der Waals surface area contributed by atoms with Gasteiger partial charge in [-0.15, -0.1) is 0 Å². The van der Waals surface area contributed by atoms with Gasteiger partial charge in [0.15, 0.2) is 4.77 Å². The molecule has 24 heavy (non-hydrogen) atoms. The number of aromatic hydroxyl groups is 1. The second kappa shape index (κ2) is 6.90. The van der Waals surface area contributed by atoms with Crippen molar-refractivity contribution in [2.45, 2.75) is 13.5 Å². The van der Waals surface area contributed by atoms with Crippen LogP contribution < -0.4 is 4.74 Å². The minimum absolute atomic E-state index is 0.0682. The second-order valence-corrected chi connectivity index (χ2v) is 5.68. The molecule has 2 N–H and O–H groups in total. The zero-order valence-corrected chi connectivity index (χ0v) is 14.0. The minimum Gasteiger partial charge on any atom is -0.493 e. The molecule has 0 unspecified atom stereocenters. The number of aliphatic hydroxyl groups excluding tert-OH is 1. The second-order valence-electron chi connectivity index (χ2n) is 5.31. The lowest BCUT2D eigenvalue weighted by Gasteiger charge is -2.08. The molecule has 0 radical (unpaired) electrons. The maximum absolute atomic E-state index is 10.2. The summed E-state index contributed by atoms with van der Waals surface area (Å²) >= 11 is 5.41. The number of aromatic nitrogens is 2. The van der Waals surface area contributed by atoms with Crippen LogP contribution in [-0.2, 0) is 6.54 Å². The molecule has 0 aliphatic rings. The molecule has 6 heteroatoms. The van der Waals surface area contributed by atoms with E-state index in [1.54, 1.807) is 11.5 Å². The highest BCUT2D eigenvalue weighted by atomic mass is 32.1. The lowest BCUT2D eigenvalue weighted by molar-refractivity contribution is 0.266. The van der Waals surface area contributed by atoms with Gasteiger partial charge in [-0.1, -0.05) is 18.2 Å². The standard InChI is InChI=1S/C18H18N2O3S/c1-13-17(22)19(11-12-21)18(24)20(13)14-7-9-16(10-8-14)23-15-5-3-2-4-6-15/h2-10,21-22H,11-12H2,1H3. The number of ether oxygens (including phenoxy) is 1. The molecular weight excluding hydrogens is 324 g/mol. The molecule has 0 bridgehead atoms. The number of rotatable bonds is 5. The fourth-order valence-electron chi connectivity index (χ4n) is 2.54. The first-order valence-electron chi connectivity index (χ1n) is 7.57. The minimum atomic E-state index is -0.0881. The molecular formula is C18H18N2O3S. The molecule has 1 heterocycles. The predicted octanol–water partition coefficient (Wildman–Crippen LogP) is 3.81. The van der Waals surface area contributed by atoms with Gasteiger partial charge in [0.25, 0.3) is 0 Å². The predicted molar refractivity (Wildman–Crippen MR) is 94.6 cm³/mol. The topological polar surface area (TPSA) is 59.5 Å². The summed E-state index contributed by atoms with van der Waals surface area (Å²) in [6.07, 6.45) is 0. The van der Waals surface area contributed by atoms with Crippen LogP contribution in [-0.4, -0.2) is 26.0 Å². The number of hydrogen-bond donors (Lipinski definition) is 2. The maximum atomic E-state index is 10.2. The molecule has 5 nitrogen and oxygen atoms in total. The van der Waals surface area contributed by atoms with Crippen LogP contribution in [0.4, 0.5) is 0 Å². The maximum Gasteiger partial charge on any atom is 0.213 e. The number of para-hydroxylation sites is 1. The van der Waals surface area contributed by atoms with E-state index in [0.717, 1.165) is 11.4 Å². The number of nitrogens with zero attached hydrogens (tertiary/aromatic N) is 2. The van der Waals surface area contributed by atoms with Crippen LogP contribution in [0.15, 0.2) is 54.6 Å². The number of benzene rings is 2. The van der Waals surface area contributed by atoms with E-state index in [9.17, 15) is 5.11 Å². The summed E-state index contributed by atoms with van der Waals surface area (Å²) in [5.41, 5.74) is 1.45. The van der Waals surface area contributed by atoms with Crippen LogP contribution in [0.25, 0.3) is 5.69 Å². The third kappa shape index (κ3) is 3.06. The first-order chi connectivity index (χ1) is 11.6.